The van der Waals surface area contributed by atoms with E-state index in [-0.39, 0.29) is 0 Å². The second-order valence-corrected chi connectivity index (χ2v) is 4.68. The van der Waals surface area contributed by atoms with Crippen LogP contribution < -0.4 is 10.6 Å². The molecule has 3 heteroatoms. The molecule has 13 heavy (non-hydrogen) atoms. The molecule has 0 atom stereocenters. The molecule has 0 aromatic rings. The maximum absolute atomic E-state index is 3.42. The van der Waals surface area contributed by atoms with Crippen molar-refractivity contribution in [2.24, 2.45) is 5.92 Å². The summed E-state index contributed by atoms with van der Waals surface area (Å²) in [5.74, 6) is 2.03. The number of hydrogen-bond donors (Lipinski definition) is 2. The summed E-state index contributed by atoms with van der Waals surface area (Å²) in [5, 5.41) is 6.83. The SMILES string of the molecule is CSCCCNCCNCC(C)C. The van der Waals surface area contributed by atoms with E-state index in [1.54, 1.807) is 0 Å². The molecule has 0 saturated heterocycles. The third kappa shape index (κ3) is 12.3. The van der Waals surface area contributed by atoms with Gasteiger partial charge in [-0.1, -0.05) is 13.8 Å². The van der Waals surface area contributed by atoms with Crippen LogP contribution >= 0.6 is 11.8 Å². The van der Waals surface area contributed by atoms with Gasteiger partial charge in [0.05, 0.1) is 0 Å². The van der Waals surface area contributed by atoms with Crippen molar-refractivity contribution in [2.75, 3.05) is 38.2 Å². The van der Waals surface area contributed by atoms with Crippen LogP contribution in [-0.2, 0) is 0 Å². The average molecular weight is 204 g/mol. The van der Waals surface area contributed by atoms with Crippen LogP contribution in [0.3, 0.4) is 0 Å². The normalized spacial score (nSPS) is 11.1. The van der Waals surface area contributed by atoms with E-state index in [0.717, 1.165) is 32.1 Å². The first kappa shape index (κ1) is 13.3. The Kier molecular flexibility index (Phi) is 10.6. The van der Waals surface area contributed by atoms with Crippen molar-refractivity contribution in [1.82, 2.24) is 10.6 Å². The lowest BCUT2D eigenvalue weighted by molar-refractivity contribution is 0.535. The predicted octanol–water partition coefficient (Wildman–Crippen LogP) is 1.57. The summed E-state index contributed by atoms with van der Waals surface area (Å²) in [6.07, 6.45) is 3.44. The Morgan fingerprint density at radius 1 is 1.08 bits per heavy atom. The molecule has 0 unspecified atom stereocenters. The largest absolute Gasteiger partial charge is 0.315 e. The molecule has 0 rings (SSSR count). The van der Waals surface area contributed by atoms with Gasteiger partial charge in [-0.2, -0.15) is 11.8 Å². The zero-order valence-electron chi connectivity index (χ0n) is 9.23. The molecule has 80 valence electrons. The minimum atomic E-state index is 0.761. The van der Waals surface area contributed by atoms with Gasteiger partial charge in [-0.3, -0.25) is 0 Å². The lowest BCUT2D eigenvalue weighted by atomic mass is 10.2. The summed E-state index contributed by atoms with van der Waals surface area (Å²) >= 11 is 1.92. The fourth-order valence-corrected chi connectivity index (χ4v) is 1.47. The molecule has 0 radical (unpaired) electrons. The van der Waals surface area contributed by atoms with Gasteiger partial charge in [0, 0.05) is 13.1 Å². The number of thioether (sulfide) groups is 1. The number of rotatable bonds is 9. The van der Waals surface area contributed by atoms with E-state index in [2.05, 4.69) is 30.7 Å². The molecule has 0 amide bonds. The molecule has 0 spiro atoms. The highest BCUT2D eigenvalue weighted by atomic mass is 32.2. The molecule has 0 aromatic heterocycles. The van der Waals surface area contributed by atoms with E-state index in [4.69, 9.17) is 0 Å². The average Bonchev–Trinajstić information content (AvgIpc) is 2.09. The fraction of sp³-hybridized carbons (Fsp3) is 1.00. The monoisotopic (exact) mass is 204 g/mol. The van der Waals surface area contributed by atoms with Crippen LogP contribution in [0.5, 0.6) is 0 Å². The zero-order chi connectivity index (χ0) is 9.94. The highest BCUT2D eigenvalue weighted by Gasteiger charge is 1.91. The molecule has 0 saturated carbocycles. The standard InChI is InChI=1S/C10H24N2S/c1-10(2)9-12-7-6-11-5-4-8-13-3/h10-12H,4-9H2,1-3H3. The Bertz CT molecular complexity index is 96.9. The first-order chi connectivity index (χ1) is 6.27. The van der Waals surface area contributed by atoms with E-state index in [1.165, 1.54) is 12.2 Å². The molecule has 0 fully saturated rings. The van der Waals surface area contributed by atoms with Gasteiger partial charge in [-0.25, -0.2) is 0 Å². The van der Waals surface area contributed by atoms with Gasteiger partial charge >= 0.3 is 0 Å². The zero-order valence-corrected chi connectivity index (χ0v) is 10.0. The van der Waals surface area contributed by atoms with Crippen LogP contribution in [0.4, 0.5) is 0 Å². The molecule has 2 nitrogen and oxygen atoms in total. The summed E-state index contributed by atoms with van der Waals surface area (Å²) in [4.78, 5) is 0. The third-order valence-corrected chi connectivity index (χ3v) is 2.43. The molecule has 0 bridgehead atoms. The van der Waals surface area contributed by atoms with Gasteiger partial charge in [0.25, 0.3) is 0 Å². The van der Waals surface area contributed by atoms with Crippen LogP contribution in [0.1, 0.15) is 20.3 Å². The smallest absolute Gasteiger partial charge is 0.00768 e. The Hall–Kier alpha value is 0.270. The molecule has 0 aromatic carbocycles. The maximum Gasteiger partial charge on any atom is 0.00768 e. The van der Waals surface area contributed by atoms with Gasteiger partial charge in [-0.05, 0) is 37.4 Å². The van der Waals surface area contributed by atoms with Gasteiger partial charge in [0.2, 0.25) is 0 Å². The Morgan fingerprint density at radius 2 is 1.77 bits per heavy atom. The fourth-order valence-electron chi connectivity index (χ4n) is 1.03. The minimum Gasteiger partial charge on any atom is -0.315 e. The van der Waals surface area contributed by atoms with Crippen molar-refractivity contribution < 1.29 is 0 Å². The Balaban J connectivity index is 2.84. The molecular formula is C10H24N2S. The lowest BCUT2D eigenvalue weighted by Crippen LogP contribution is -2.30. The van der Waals surface area contributed by atoms with Gasteiger partial charge in [-0.15, -0.1) is 0 Å². The van der Waals surface area contributed by atoms with Gasteiger partial charge in [0.1, 0.15) is 0 Å². The molecular weight excluding hydrogens is 180 g/mol. The minimum absolute atomic E-state index is 0.761. The quantitative estimate of drug-likeness (QED) is 0.558. The van der Waals surface area contributed by atoms with E-state index in [0.29, 0.717) is 0 Å². The second kappa shape index (κ2) is 10.4. The Morgan fingerprint density at radius 3 is 2.38 bits per heavy atom. The van der Waals surface area contributed by atoms with Crippen LogP contribution in [-0.4, -0.2) is 38.2 Å². The maximum atomic E-state index is 3.42. The third-order valence-electron chi connectivity index (χ3n) is 1.73. The first-order valence-electron chi connectivity index (χ1n) is 5.17. The first-order valence-corrected chi connectivity index (χ1v) is 6.57. The molecule has 0 heterocycles. The summed E-state index contributed by atoms with van der Waals surface area (Å²) in [6.45, 7) is 8.95. The molecule has 0 aliphatic carbocycles. The second-order valence-electron chi connectivity index (χ2n) is 3.69. The van der Waals surface area contributed by atoms with Crippen molar-refractivity contribution in [3.63, 3.8) is 0 Å². The van der Waals surface area contributed by atoms with Crippen LogP contribution in [0.15, 0.2) is 0 Å². The number of hydrogen-bond acceptors (Lipinski definition) is 3. The predicted molar refractivity (Wildman–Crippen MR) is 63.6 cm³/mol. The topological polar surface area (TPSA) is 24.1 Å². The van der Waals surface area contributed by atoms with Crippen LogP contribution in [0.25, 0.3) is 0 Å². The van der Waals surface area contributed by atoms with Gasteiger partial charge < -0.3 is 10.6 Å². The van der Waals surface area contributed by atoms with Crippen molar-refractivity contribution in [3.05, 3.63) is 0 Å². The molecule has 0 aliphatic heterocycles. The molecule has 0 aliphatic rings. The van der Waals surface area contributed by atoms with Crippen molar-refractivity contribution in [3.8, 4) is 0 Å². The van der Waals surface area contributed by atoms with E-state index in [1.807, 2.05) is 11.8 Å². The van der Waals surface area contributed by atoms with E-state index < -0.39 is 0 Å². The van der Waals surface area contributed by atoms with Crippen molar-refractivity contribution in [2.45, 2.75) is 20.3 Å². The van der Waals surface area contributed by atoms with Crippen LogP contribution in [0, 0.1) is 5.92 Å². The summed E-state index contributed by atoms with van der Waals surface area (Å²) in [6, 6.07) is 0. The molecule has 2 N–H and O–H groups in total. The van der Waals surface area contributed by atoms with E-state index in [9.17, 15) is 0 Å². The van der Waals surface area contributed by atoms with Crippen molar-refractivity contribution in [1.29, 1.82) is 0 Å². The highest BCUT2D eigenvalue weighted by molar-refractivity contribution is 7.98. The Labute approximate surface area is 87.2 Å². The summed E-state index contributed by atoms with van der Waals surface area (Å²) in [5.41, 5.74) is 0. The van der Waals surface area contributed by atoms with Crippen LogP contribution in [0.2, 0.25) is 0 Å². The number of nitrogens with one attached hydrogen (secondary N) is 2. The van der Waals surface area contributed by atoms with Crippen molar-refractivity contribution >= 4 is 11.8 Å². The highest BCUT2D eigenvalue weighted by Crippen LogP contribution is 1.92. The van der Waals surface area contributed by atoms with Gasteiger partial charge in [0.15, 0.2) is 0 Å². The lowest BCUT2D eigenvalue weighted by Gasteiger charge is -2.07. The summed E-state index contributed by atoms with van der Waals surface area (Å²) < 4.78 is 0. The van der Waals surface area contributed by atoms with E-state index >= 15 is 0 Å². The summed E-state index contributed by atoms with van der Waals surface area (Å²) in [7, 11) is 0.